The molecule has 1 saturated carbocycles. The van der Waals surface area contributed by atoms with Crippen LogP contribution >= 0.6 is 0 Å². The Morgan fingerprint density at radius 1 is 0.742 bits per heavy atom. The number of rotatable bonds is 7. The Kier molecular flexibility index (Phi) is 6.78. The number of para-hydroxylation sites is 1. The van der Waals surface area contributed by atoms with Gasteiger partial charge in [-0.2, -0.15) is 0 Å². The molecule has 0 N–H and O–H groups in total. The van der Waals surface area contributed by atoms with Crippen molar-refractivity contribution < 1.29 is 14.3 Å². The predicted octanol–water partition coefficient (Wildman–Crippen LogP) is 5.66. The summed E-state index contributed by atoms with van der Waals surface area (Å²) in [6, 6.07) is 26.2. The first-order valence-corrected chi connectivity index (χ1v) is 10.9. The topological polar surface area (TPSA) is 46.6 Å². The summed E-state index contributed by atoms with van der Waals surface area (Å²) < 4.78 is 5.80. The molecule has 0 bridgehead atoms. The highest BCUT2D eigenvalue weighted by atomic mass is 16.5. The van der Waals surface area contributed by atoms with Crippen LogP contribution in [0, 0.1) is 0 Å². The number of amides is 1. The van der Waals surface area contributed by atoms with Crippen LogP contribution in [0.5, 0.6) is 5.75 Å². The molecule has 158 valence electrons. The Morgan fingerprint density at radius 3 is 1.97 bits per heavy atom. The van der Waals surface area contributed by atoms with Gasteiger partial charge in [0.05, 0.1) is 0 Å². The van der Waals surface area contributed by atoms with Crippen LogP contribution in [0.3, 0.4) is 0 Å². The third-order valence-corrected chi connectivity index (χ3v) is 5.76. The van der Waals surface area contributed by atoms with E-state index in [1.165, 1.54) is 6.42 Å². The minimum absolute atomic E-state index is 0.0304. The van der Waals surface area contributed by atoms with E-state index in [9.17, 15) is 9.59 Å². The fourth-order valence-electron chi connectivity index (χ4n) is 4.16. The SMILES string of the molecule is O=C(c1ccccc1)c1ccc(OCC(=O)N(c2ccccc2)C2CCCCC2)cc1. The van der Waals surface area contributed by atoms with Crippen LogP contribution in [0.2, 0.25) is 0 Å². The van der Waals surface area contributed by atoms with Crippen molar-refractivity contribution in [1.82, 2.24) is 0 Å². The normalized spacial score (nSPS) is 14.1. The van der Waals surface area contributed by atoms with Gasteiger partial charge in [-0.25, -0.2) is 0 Å². The van der Waals surface area contributed by atoms with Crippen molar-refractivity contribution in [2.24, 2.45) is 0 Å². The lowest BCUT2D eigenvalue weighted by atomic mass is 9.93. The third-order valence-electron chi connectivity index (χ3n) is 5.76. The summed E-state index contributed by atoms with van der Waals surface area (Å²) in [6.07, 6.45) is 5.59. The predicted molar refractivity (Wildman–Crippen MR) is 123 cm³/mol. The molecule has 1 aliphatic rings. The van der Waals surface area contributed by atoms with E-state index < -0.39 is 0 Å². The van der Waals surface area contributed by atoms with Gasteiger partial charge in [0, 0.05) is 22.9 Å². The number of hydrogen-bond donors (Lipinski definition) is 0. The molecule has 0 saturated heterocycles. The van der Waals surface area contributed by atoms with E-state index in [1.807, 2.05) is 53.4 Å². The van der Waals surface area contributed by atoms with Crippen molar-refractivity contribution in [3.05, 3.63) is 96.1 Å². The Morgan fingerprint density at radius 2 is 1.32 bits per heavy atom. The number of carbonyl (C=O) groups is 2. The monoisotopic (exact) mass is 413 g/mol. The fourth-order valence-corrected chi connectivity index (χ4v) is 4.16. The molecule has 3 aromatic carbocycles. The molecule has 3 aromatic rings. The van der Waals surface area contributed by atoms with Crippen LogP contribution in [0.15, 0.2) is 84.9 Å². The summed E-state index contributed by atoms with van der Waals surface area (Å²) in [4.78, 5) is 27.6. The van der Waals surface area contributed by atoms with Gasteiger partial charge in [0.15, 0.2) is 12.4 Å². The highest BCUT2D eigenvalue weighted by Crippen LogP contribution is 2.27. The van der Waals surface area contributed by atoms with E-state index in [4.69, 9.17) is 4.74 Å². The van der Waals surface area contributed by atoms with Gasteiger partial charge in [-0.3, -0.25) is 9.59 Å². The summed E-state index contributed by atoms with van der Waals surface area (Å²) in [7, 11) is 0. The maximum absolute atomic E-state index is 13.1. The number of ether oxygens (including phenoxy) is 1. The maximum atomic E-state index is 13.1. The van der Waals surface area contributed by atoms with E-state index in [2.05, 4.69) is 0 Å². The molecular formula is C27H27NO3. The number of carbonyl (C=O) groups excluding carboxylic acids is 2. The van der Waals surface area contributed by atoms with Gasteiger partial charge in [0.1, 0.15) is 5.75 Å². The molecule has 1 fully saturated rings. The summed E-state index contributed by atoms with van der Waals surface area (Å²) in [5.74, 6) is 0.507. The first-order valence-electron chi connectivity index (χ1n) is 10.9. The zero-order valence-corrected chi connectivity index (χ0v) is 17.6. The Bertz CT molecular complexity index is 994. The van der Waals surface area contributed by atoms with Crippen molar-refractivity contribution >= 4 is 17.4 Å². The van der Waals surface area contributed by atoms with Crippen molar-refractivity contribution in [3.8, 4) is 5.75 Å². The van der Waals surface area contributed by atoms with Gasteiger partial charge < -0.3 is 9.64 Å². The van der Waals surface area contributed by atoms with Crippen LogP contribution in [0.4, 0.5) is 5.69 Å². The minimum atomic E-state index is -0.0393. The lowest BCUT2D eigenvalue weighted by Crippen LogP contribution is -2.44. The van der Waals surface area contributed by atoms with E-state index in [0.29, 0.717) is 16.9 Å². The van der Waals surface area contributed by atoms with Gasteiger partial charge in [-0.05, 0) is 49.2 Å². The molecule has 0 heterocycles. The number of ketones is 1. The van der Waals surface area contributed by atoms with Crippen LogP contribution < -0.4 is 9.64 Å². The quantitative estimate of drug-likeness (QED) is 0.469. The van der Waals surface area contributed by atoms with Crippen molar-refractivity contribution in [3.63, 3.8) is 0 Å². The molecule has 4 rings (SSSR count). The van der Waals surface area contributed by atoms with Gasteiger partial charge in [0.25, 0.3) is 5.91 Å². The standard InChI is InChI=1S/C27H27NO3/c29-26(28(23-12-6-2-7-13-23)24-14-8-3-9-15-24)20-31-25-18-16-22(17-19-25)27(30)21-10-4-1-5-11-21/h1-2,4-7,10-13,16-19,24H,3,8-9,14-15,20H2. The van der Waals surface area contributed by atoms with Crippen molar-refractivity contribution in [2.75, 3.05) is 11.5 Å². The van der Waals surface area contributed by atoms with E-state index >= 15 is 0 Å². The van der Waals surface area contributed by atoms with Gasteiger partial charge in [-0.15, -0.1) is 0 Å². The summed E-state index contributed by atoms with van der Waals surface area (Å²) in [5, 5.41) is 0. The average molecular weight is 414 g/mol. The van der Waals surface area contributed by atoms with Crippen LogP contribution in [0.25, 0.3) is 0 Å². The highest BCUT2D eigenvalue weighted by Gasteiger charge is 2.27. The number of benzene rings is 3. The second-order valence-corrected chi connectivity index (χ2v) is 7.90. The second kappa shape index (κ2) is 10.1. The first-order chi connectivity index (χ1) is 15.2. The van der Waals surface area contributed by atoms with Crippen LogP contribution in [0.1, 0.15) is 48.0 Å². The smallest absolute Gasteiger partial charge is 0.265 e. The molecule has 0 aliphatic heterocycles. The number of nitrogens with zero attached hydrogens (tertiary/aromatic N) is 1. The average Bonchev–Trinajstić information content (AvgIpc) is 2.85. The molecule has 1 amide bonds. The molecule has 0 unspecified atom stereocenters. The summed E-state index contributed by atoms with van der Waals surface area (Å²) >= 11 is 0. The zero-order valence-electron chi connectivity index (χ0n) is 17.6. The van der Waals surface area contributed by atoms with Gasteiger partial charge >= 0.3 is 0 Å². The lowest BCUT2D eigenvalue weighted by Gasteiger charge is -2.34. The van der Waals surface area contributed by atoms with E-state index in [-0.39, 0.29) is 24.3 Å². The van der Waals surface area contributed by atoms with Crippen LogP contribution in [-0.4, -0.2) is 24.3 Å². The number of anilines is 1. The van der Waals surface area contributed by atoms with Gasteiger partial charge in [0.2, 0.25) is 0 Å². The third kappa shape index (κ3) is 5.21. The lowest BCUT2D eigenvalue weighted by molar-refractivity contribution is -0.121. The molecule has 0 radical (unpaired) electrons. The molecule has 0 spiro atoms. The van der Waals surface area contributed by atoms with E-state index in [1.54, 1.807) is 36.4 Å². The summed E-state index contributed by atoms with van der Waals surface area (Å²) in [5.41, 5.74) is 2.17. The van der Waals surface area contributed by atoms with Crippen LogP contribution in [-0.2, 0) is 4.79 Å². The minimum Gasteiger partial charge on any atom is -0.484 e. The molecule has 0 aromatic heterocycles. The molecule has 4 heteroatoms. The largest absolute Gasteiger partial charge is 0.484 e. The Balaban J connectivity index is 1.42. The molecule has 4 nitrogen and oxygen atoms in total. The Labute approximate surface area is 183 Å². The molecular weight excluding hydrogens is 386 g/mol. The zero-order chi connectivity index (χ0) is 21.5. The summed E-state index contributed by atoms with van der Waals surface area (Å²) in [6.45, 7) is -0.0304. The molecule has 0 atom stereocenters. The molecule has 1 aliphatic carbocycles. The highest BCUT2D eigenvalue weighted by molar-refractivity contribution is 6.09. The van der Waals surface area contributed by atoms with Crippen molar-refractivity contribution in [2.45, 2.75) is 38.1 Å². The maximum Gasteiger partial charge on any atom is 0.265 e. The van der Waals surface area contributed by atoms with E-state index in [0.717, 1.165) is 31.4 Å². The first kappa shape index (κ1) is 20.9. The molecule has 31 heavy (non-hydrogen) atoms. The van der Waals surface area contributed by atoms with Crippen molar-refractivity contribution in [1.29, 1.82) is 0 Å². The second-order valence-electron chi connectivity index (χ2n) is 7.90. The Hall–Kier alpha value is -3.40. The number of hydrogen-bond acceptors (Lipinski definition) is 3. The van der Waals surface area contributed by atoms with Gasteiger partial charge in [-0.1, -0.05) is 67.8 Å². The fraction of sp³-hybridized carbons (Fsp3) is 0.259.